The number of carbonyl (C=O) groups is 5. The molecule has 1 aliphatic heterocycles. The molecule has 1 saturated carbocycles. The van der Waals surface area contributed by atoms with Crippen molar-refractivity contribution in [2.24, 2.45) is 29.1 Å². The Kier molecular flexibility index (Phi) is 21.2. The molecule has 2 N–H and O–H groups in total. The fraction of sp³-hybridized carbons (Fsp3) is 0.667. The molecule has 4 rings (SSSR count). The lowest BCUT2D eigenvalue weighted by atomic mass is 9.87. The normalized spacial score (nSPS) is 17.1. The molecule has 9 nitrogen and oxygen atoms in total. The van der Waals surface area contributed by atoms with E-state index in [1.54, 1.807) is 0 Å². The summed E-state index contributed by atoms with van der Waals surface area (Å²) < 4.78 is 5.44. The van der Waals surface area contributed by atoms with Crippen molar-refractivity contribution in [1.82, 2.24) is 15.5 Å². The van der Waals surface area contributed by atoms with Crippen LogP contribution in [0.4, 0.5) is 0 Å². The predicted molar refractivity (Wildman–Crippen MR) is 240 cm³/mol. The number of morpholine rings is 1. The molecular formula is C51H77N3O6. The van der Waals surface area contributed by atoms with Gasteiger partial charge in [-0.1, -0.05) is 127 Å². The van der Waals surface area contributed by atoms with Crippen LogP contribution in [0.5, 0.6) is 0 Å². The topological polar surface area (TPSA) is 122 Å². The van der Waals surface area contributed by atoms with Crippen LogP contribution in [0.1, 0.15) is 142 Å². The molecule has 2 aliphatic rings. The number of benzene rings is 2. The van der Waals surface area contributed by atoms with Crippen LogP contribution in [-0.2, 0) is 41.6 Å². The molecule has 0 bridgehead atoms. The van der Waals surface area contributed by atoms with E-state index in [1.807, 2.05) is 95.3 Å². The van der Waals surface area contributed by atoms with Crippen molar-refractivity contribution in [3.8, 4) is 0 Å². The fourth-order valence-electron chi connectivity index (χ4n) is 8.47. The fourth-order valence-corrected chi connectivity index (χ4v) is 8.47. The lowest BCUT2D eigenvalue weighted by molar-refractivity contribution is -0.135. The predicted octanol–water partition coefficient (Wildman–Crippen LogP) is 8.90. The van der Waals surface area contributed by atoms with Crippen LogP contribution in [0.2, 0.25) is 0 Å². The average molecular weight is 828 g/mol. The number of ether oxygens (including phenoxy) is 1. The van der Waals surface area contributed by atoms with Gasteiger partial charge in [-0.15, -0.1) is 0 Å². The van der Waals surface area contributed by atoms with Crippen LogP contribution < -0.4 is 10.6 Å². The summed E-state index contributed by atoms with van der Waals surface area (Å²) in [5.41, 5.74) is 1.63. The van der Waals surface area contributed by atoms with E-state index in [2.05, 4.69) is 15.5 Å². The van der Waals surface area contributed by atoms with Crippen molar-refractivity contribution in [3.05, 3.63) is 71.8 Å². The SMILES string of the molecule is CC(C)C[C@H](NC(=O)[C@H](CCc1ccccc1)CC(=O)CCCCCCCCCN1CCOCC1)C(=O)C[C@@H](Cc1ccccc1)C(=O)N[C@@H](CC(C)C)C(=O)C1(C)CC1. The standard InChI is InChI=1S/C51H77N3O6/c1-38(2)33-45(47(56)37-43(35-41-21-15-12-16-22-41)50(59)53-46(34-39(3)4)48(57)51(5)26-27-51)52-49(58)42(25-24-40-19-13-11-14-20-40)36-44(55)23-17-9-7-6-8-10-18-28-54-29-31-60-32-30-54/h11-16,19-22,38-39,42-43,45-46H,6-10,17-18,23-37H2,1-5H3,(H,52,58)(H,53,59)/t42-,43-,45+,46+/m1/s1. The average Bonchev–Trinajstić information content (AvgIpc) is 3.99. The first-order chi connectivity index (χ1) is 28.8. The van der Waals surface area contributed by atoms with Crippen molar-refractivity contribution in [3.63, 3.8) is 0 Å². The smallest absolute Gasteiger partial charge is 0.224 e. The summed E-state index contributed by atoms with van der Waals surface area (Å²) in [6.07, 6.45) is 12.4. The van der Waals surface area contributed by atoms with Crippen LogP contribution in [0.15, 0.2) is 60.7 Å². The van der Waals surface area contributed by atoms with E-state index in [4.69, 9.17) is 4.74 Å². The van der Waals surface area contributed by atoms with Crippen molar-refractivity contribution in [2.45, 2.75) is 156 Å². The van der Waals surface area contributed by atoms with Gasteiger partial charge in [-0.05, 0) is 87.3 Å². The Morgan fingerprint density at radius 3 is 1.80 bits per heavy atom. The summed E-state index contributed by atoms with van der Waals surface area (Å²) in [5, 5.41) is 6.19. The molecule has 332 valence electrons. The van der Waals surface area contributed by atoms with E-state index in [9.17, 15) is 24.0 Å². The number of hydrogen-bond donors (Lipinski definition) is 2. The lowest BCUT2D eigenvalue weighted by Gasteiger charge is -2.27. The van der Waals surface area contributed by atoms with Gasteiger partial charge in [0.2, 0.25) is 11.8 Å². The van der Waals surface area contributed by atoms with Crippen LogP contribution in [0.3, 0.4) is 0 Å². The number of aryl methyl sites for hydroxylation is 1. The van der Waals surface area contributed by atoms with Crippen LogP contribution >= 0.6 is 0 Å². The number of nitrogens with one attached hydrogen (secondary N) is 2. The number of nitrogens with zero attached hydrogens (tertiary/aromatic N) is 1. The number of rotatable bonds is 30. The molecule has 2 fully saturated rings. The molecule has 4 atom stereocenters. The number of amides is 2. The van der Waals surface area contributed by atoms with Crippen LogP contribution in [0.25, 0.3) is 0 Å². The molecule has 2 amide bonds. The van der Waals surface area contributed by atoms with Crippen LogP contribution in [0, 0.1) is 29.1 Å². The van der Waals surface area contributed by atoms with Crippen molar-refractivity contribution in [2.75, 3.05) is 32.8 Å². The van der Waals surface area contributed by atoms with Gasteiger partial charge >= 0.3 is 0 Å². The molecule has 0 unspecified atom stereocenters. The minimum atomic E-state index is -0.801. The number of ketones is 3. The zero-order valence-electron chi connectivity index (χ0n) is 37.7. The first-order valence-electron chi connectivity index (χ1n) is 23.4. The Bertz CT molecular complexity index is 1600. The Morgan fingerprint density at radius 1 is 0.667 bits per heavy atom. The number of Topliss-reactive ketones (excluding diaryl/α,β-unsaturated/α-hetero) is 3. The number of hydrogen-bond acceptors (Lipinski definition) is 7. The van der Waals surface area contributed by atoms with E-state index in [1.165, 1.54) is 25.7 Å². The second kappa shape index (κ2) is 25.9. The minimum absolute atomic E-state index is 0.0697. The zero-order chi connectivity index (χ0) is 43.3. The highest BCUT2D eigenvalue weighted by atomic mass is 16.5. The molecule has 60 heavy (non-hydrogen) atoms. The second-order valence-electron chi connectivity index (χ2n) is 19.0. The van der Waals surface area contributed by atoms with Gasteiger partial charge in [0.25, 0.3) is 0 Å². The van der Waals surface area contributed by atoms with Gasteiger partial charge in [0.15, 0.2) is 11.6 Å². The molecule has 0 radical (unpaired) electrons. The van der Waals surface area contributed by atoms with Gasteiger partial charge in [0, 0.05) is 49.6 Å². The maximum absolute atomic E-state index is 14.3. The third-order valence-corrected chi connectivity index (χ3v) is 12.5. The molecule has 1 aliphatic carbocycles. The molecule has 0 spiro atoms. The molecule has 9 heteroatoms. The Hall–Kier alpha value is -3.69. The number of carbonyl (C=O) groups excluding carboxylic acids is 5. The van der Waals surface area contributed by atoms with Gasteiger partial charge < -0.3 is 15.4 Å². The quantitative estimate of drug-likeness (QED) is 0.0755. The highest BCUT2D eigenvalue weighted by Crippen LogP contribution is 2.47. The van der Waals surface area contributed by atoms with E-state index in [0.29, 0.717) is 38.5 Å². The zero-order valence-corrected chi connectivity index (χ0v) is 37.7. The van der Waals surface area contributed by atoms with Gasteiger partial charge in [-0.3, -0.25) is 28.9 Å². The molecule has 0 aromatic heterocycles. The molecule has 1 heterocycles. The monoisotopic (exact) mass is 828 g/mol. The largest absolute Gasteiger partial charge is 0.379 e. The summed E-state index contributed by atoms with van der Waals surface area (Å²) in [5.74, 6) is -1.61. The maximum Gasteiger partial charge on any atom is 0.224 e. The summed E-state index contributed by atoms with van der Waals surface area (Å²) in [7, 11) is 0. The van der Waals surface area contributed by atoms with Crippen molar-refractivity contribution >= 4 is 29.2 Å². The minimum Gasteiger partial charge on any atom is -0.379 e. The second-order valence-corrected chi connectivity index (χ2v) is 19.0. The van der Waals surface area contributed by atoms with E-state index in [0.717, 1.165) is 76.1 Å². The summed E-state index contributed by atoms with van der Waals surface area (Å²) in [4.78, 5) is 72.1. The summed E-state index contributed by atoms with van der Waals surface area (Å²) >= 11 is 0. The Balaban J connectivity index is 1.37. The van der Waals surface area contributed by atoms with Gasteiger partial charge in [-0.25, -0.2) is 0 Å². The van der Waals surface area contributed by atoms with E-state index < -0.39 is 29.3 Å². The molecule has 2 aromatic rings. The molecule has 2 aromatic carbocycles. The number of unbranched alkanes of at least 4 members (excludes halogenated alkanes) is 6. The van der Waals surface area contributed by atoms with E-state index >= 15 is 0 Å². The van der Waals surface area contributed by atoms with Crippen molar-refractivity contribution < 1.29 is 28.7 Å². The summed E-state index contributed by atoms with van der Waals surface area (Å²) in [6.45, 7) is 15.0. The van der Waals surface area contributed by atoms with Crippen LogP contribution in [-0.4, -0.2) is 79.0 Å². The third-order valence-electron chi connectivity index (χ3n) is 12.5. The van der Waals surface area contributed by atoms with E-state index in [-0.39, 0.29) is 53.8 Å². The van der Waals surface area contributed by atoms with Gasteiger partial charge in [0.1, 0.15) is 5.78 Å². The highest BCUT2D eigenvalue weighted by Gasteiger charge is 2.48. The first kappa shape index (κ1) is 49.0. The summed E-state index contributed by atoms with van der Waals surface area (Å²) in [6, 6.07) is 18.2. The maximum atomic E-state index is 14.3. The molecular weight excluding hydrogens is 751 g/mol. The van der Waals surface area contributed by atoms with Crippen molar-refractivity contribution in [1.29, 1.82) is 0 Å². The Labute approximate surface area is 361 Å². The first-order valence-corrected chi connectivity index (χ1v) is 23.4. The van der Waals surface area contributed by atoms with Gasteiger partial charge in [-0.2, -0.15) is 0 Å². The third kappa shape index (κ3) is 18.1. The highest BCUT2D eigenvalue weighted by molar-refractivity contribution is 5.97. The Morgan fingerprint density at radius 2 is 1.20 bits per heavy atom. The molecule has 1 saturated heterocycles. The van der Waals surface area contributed by atoms with Gasteiger partial charge in [0.05, 0.1) is 25.3 Å². The lowest BCUT2D eigenvalue weighted by Crippen LogP contribution is -2.49.